The highest BCUT2D eigenvalue weighted by molar-refractivity contribution is 4.98. The molecule has 7 rings (SSSR count). The number of hydrogen-bond donors (Lipinski definition) is 19. The molecular formula is C38H64O32. The van der Waals surface area contributed by atoms with Gasteiger partial charge in [-0.2, -0.15) is 0 Å². The Labute approximate surface area is 395 Å². The Morgan fingerprint density at radius 2 is 0.643 bits per heavy atom. The first kappa shape index (κ1) is 56.4. The zero-order valence-electron chi connectivity index (χ0n) is 36.7. The lowest BCUT2D eigenvalue weighted by molar-refractivity contribution is -0.385. The summed E-state index contributed by atoms with van der Waals surface area (Å²) in [6.45, 7) is -5.23. The molecule has 0 aliphatic carbocycles. The Morgan fingerprint density at radius 3 is 1.09 bits per heavy atom. The van der Waals surface area contributed by atoms with E-state index < -0.39 is 237 Å². The molecule has 32 nitrogen and oxygen atoms in total. The van der Waals surface area contributed by atoms with Crippen LogP contribution < -0.4 is 0 Å². The van der Waals surface area contributed by atoms with Gasteiger partial charge in [0, 0.05) is 0 Å². The third-order valence-corrected chi connectivity index (χ3v) is 13.0. The summed E-state index contributed by atoms with van der Waals surface area (Å²) in [5, 5.41) is 200. The van der Waals surface area contributed by atoms with Crippen molar-refractivity contribution in [2.24, 2.45) is 0 Å². The van der Waals surface area contributed by atoms with Crippen molar-refractivity contribution in [1.29, 1.82) is 0 Å². The van der Waals surface area contributed by atoms with Gasteiger partial charge in [-0.3, -0.25) is 0 Å². The van der Waals surface area contributed by atoms with Crippen LogP contribution in [0.5, 0.6) is 0 Å². The monoisotopic (exact) mass is 1030 g/mol. The summed E-state index contributed by atoms with van der Waals surface area (Å²) < 4.78 is 72.9. The van der Waals surface area contributed by atoms with E-state index in [1.807, 2.05) is 0 Å². The van der Waals surface area contributed by atoms with Crippen molar-refractivity contribution in [2.45, 2.75) is 191 Å². The van der Waals surface area contributed by atoms with Gasteiger partial charge in [0.05, 0.1) is 46.2 Å². The normalized spacial score (nSPS) is 53.6. The highest BCUT2D eigenvalue weighted by Crippen LogP contribution is 2.35. The molecule has 0 aromatic heterocycles. The van der Waals surface area contributed by atoms with Gasteiger partial charge < -0.3 is 159 Å². The van der Waals surface area contributed by atoms with Gasteiger partial charge >= 0.3 is 0 Å². The van der Waals surface area contributed by atoms with Gasteiger partial charge in [-0.25, -0.2) is 0 Å². The molecule has 408 valence electrons. The van der Waals surface area contributed by atoms with Gasteiger partial charge in [-0.1, -0.05) is 0 Å². The minimum atomic E-state index is -2.21. The van der Waals surface area contributed by atoms with Crippen LogP contribution >= 0.6 is 0 Å². The molecule has 7 aliphatic heterocycles. The maximum Gasteiger partial charge on any atom is 0.187 e. The summed E-state index contributed by atoms with van der Waals surface area (Å²) in [6, 6.07) is 0. The van der Waals surface area contributed by atoms with Crippen molar-refractivity contribution in [3.63, 3.8) is 0 Å². The van der Waals surface area contributed by atoms with Crippen LogP contribution in [0.15, 0.2) is 0 Å². The largest absolute Gasteiger partial charge is 0.394 e. The first-order valence-corrected chi connectivity index (χ1v) is 22.3. The molecule has 0 saturated carbocycles. The SMILES string of the molecule is OC[C@@H]1O[C@@H](O[C@H]2[C@@H](OC[C@H]3O[C@@H](O[C@H]4[C@H](O)[C@@H](O)[C@H](O[C@H]5[C@H](O)[C@@H](O)C(O)O[C@@H]5CO)O[C@@H]4CO[C@H]4OC[C@@H](O)[C@H](O)[C@H]4O[C@@H]4O[C@@H](CO)[C@H](O)[C@H]4O)[C@H](O)[C@@H](O)[C@@H]3O)OC[C@@H](O)[C@@H]2O)[C@H](O)[C@H]1O. The van der Waals surface area contributed by atoms with Crippen LogP contribution in [0.2, 0.25) is 0 Å². The number of aliphatic hydroxyl groups excluding tert-OH is 19. The molecule has 1 unspecified atom stereocenters. The van der Waals surface area contributed by atoms with Crippen molar-refractivity contribution in [1.82, 2.24) is 0 Å². The van der Waals surface area contributed by atoms with Crippen LogP contribution in [0.3, 0.4) is 0 Å². The molecular weight excluding hydrogens is 968 g/mol. The molecule has 0 aromatic rings. The zero-order chi connectivity index (χ0) is 51.0. The van der Waals surface area contributed by atoms with Gasteiger partial charge in [0.1, 0.15) is 146 Å². The van der Waals surface area contributed by atoms with E-state index in [0.29, 0.717) is 0 Å². The maximum atomic E-state index is 11.6. The molecule has 7 aliphatic rings. The van der Waals surface area contributed by atoms with Crippen molar-refractivity contribution >= 4 is 0 Å². The lowest BCUT2D eigenvalue weighted by atomic mass is 9.96. The molecule has 7 heterocycles. The third kappa shape index (κ3) is 11.7. The Hall–Kier alpha value is -1.28. The maximum absolute atomic E-state index is 11.6. The number of hydrogen-bond acceptors (Lipinski definition) is 32. The topological polar surface area (TPSA) is 504 Å². The highest BCUT2D eigenvalue weighted by atomic mass is 16.8. The molecule has 32 heteroatoms. The standard InChI is InChI=1S/C38H64O32/c39-1-10-17(46)24(53)33(63-10)69-30-15(44)8(42)4-58-37(30)60-6-13-19(48)20(49)26(55)35(65-13)68-29-14(66-36(27(56)22(29)51)67-28-12(3-41)62-32(57)23(52)21(28)50)7-61-38-31(16(45)9(43)5-59-38)70-34-25(54)18(47)11(2-40)64-34/h8-57H,1-7H2/t8-,9-,10+,11+,12-,13-,14-,15+,16+,17+,18+,19-,20+,21-,22-,23-,24-,25-,26-,27-,28-,29-,30-,31-,32?,33+,34+,35+,36+,37-,38-/m1/s1. The first-order valence-electron chi connectivity index (χ1n) is 22.3. The minimum absolute atomic E-state index is 0.545. The fraction of sp³-hybridized carbons (Fsp3) is 1.00. The van der Waals surface area contributed by atoms with Crippen LogP contribution in [0.1, 0.15) is 0 Å². The first-order chi connectivity index (χ1) is 33.2. The predicted octanol–water partition coefficient (Wildman–Crippen LogP) is -13.7. The number of rotatable bonds is 17. The predicted molar refractivity (Wildman–Crippen MR) is 208 cm³/mol. The second kappa shape index (κ2) is 24.2. The summed E-state index contributed by atoms with van der Waals surface area (Å²) in [5.41, 5.74) is 0. The molecule has 31 atom stereocenters. The molecule has 0 amide bonds. The van der Waals surface area contributed by atoms with E-state index in [2.05, 4.69) is 0 Å². The highest BCUT2D eigenvalue weighted by Gasteiger charge is 2.56. The van der Waals surface area contributed by atoms with Crippen molar-refractivity contribution in [2.75, 3.05) is 46.2 Å². The zero-order valence-corrected chi connectivity index (χ0v) is 36.7. The Balaban J connectivity index is 1.09. The van der Waals surface area contributed by atoms with E-state index in [1.165, 1.54) is 0 Å². The van der Waals surface area contributed by atoms with Crippen LogP contribution in [-0.4, -0.2) is 334 Å². The lowest BCUT2D eigenvalue weighted by Crippen LogP contribution is -2.67. The van der Waals surface area contributed by atoms with E-state index in [1.54, 1.807) is 0 Å². The van der Waals surface area contributed by atoms with Crippen molar-refractivity contribution < 1.29 is 159 Å². The summed E-state index contributed by atoms with van der Waals surface area (Å²) in [5.74, 6) is 0. The summed E-state index contributed by atoms with van der Waals surface area (Å²) >= 11 is 0. The van der Waals surface area contributed by atoms with E-state index in [4.69, 9.17) is 61.6 Å². The smallest absolute Gasteiger partial charge is 0.187 e. The molecule has 7 saturated heterocycles. The van der Waals surface area contributed by atoms with Gasteiger partial charge in [0.25, 0.3) is 0 Å². The number of ether oxygens (including phenoxy) is 13. The summed E-state index contributed by atoms with van der Waals surface area (Å²) in [4.78, 5) is 0. The van der Waals surface area contributed by atoms with Crippen molar-refractivity contribution in [3.8, 4) is 0 Å². The Bertz CT molecular complexity index is 1610. The minimum Gasteiger partial charge on any atom is -0.394 e. The quantitative estimate of drug-likeness (QED) is 0.0643. The average molecular weight is 1030 g/mol. The summed E-state index contributed by atoms with van der Waals surface area (Å²) in [6.07, 6.45) is -56.2. The van der Waals surface area contributed by atoms with Gasteiger partial charge in [-0.05, 0) is 0 Å². The summed E-state index contributed by atoms with van der Waals surface area (Å²) in [7, 11) is 0. The van der Waals surface area contributed by atoms with E-state index in [9.17, 15) is 97.0 Å². The van der Waals surface area contributed by atoms with Gasteiger partial charge in [-0.15, -0.1) is 0 Å². The average Bonchev–Trinajstić information content (AvgIpc) is 3.78. The number of aliphatic hydroxyl groups is 19. The molecule has 70 heavy (non-hydrogen) atoms. The molecule has 19 N–H and O–H groups in total. The Morgan fingerprint density at radius 1 is 0.300 bits per heavy atom. The van der Waals surface area contributed by atoms with Crippen molar-refractivity contribution in [3.05, 3.63) is 0 Å². The molecule has 0 radical (unpaired) electrons. The van der Waals surface area contributed by atoms with Gasteiger partial charge in [0.2, 0.25) is 0 Å². The second-order valence-corrected chi connectivity index (χ2v) is 17.8. The van der Waals surface area contributed by atoms with E-state index in [0.717, 1.165) is 0 Å². The molecule has 0 spiro atoms. The fourth-order valence-electron chi connectivity index (χ4n) is 8.79. The fourth-order valence-corrected chi connectivity index (χ4v) is 8.79. The van der Waals surface area contributed by atoms with Crippen LogP contribution in [0.4, 0.5) is 0 Å². The van der Waals surface area contributed by atoms with Crippen LogP contribution in [0.25, 0.3) is 0 Å². The van der Waals surface area contributed by atoms with E-state index >= 15 is 0 Å². The van der Waals surface area contributed by atoms with E-state index in [-0.39, 0.29) is 0 Å². The third-order valence-electron chi connectivity index (χ3n) is 13.0. The molecule has 0 aromatic carbocycles. The Kier molecular flexibility index (Phi) is 19.5. The lowest BCUT2D eigenvalue weighted by Gasteiger charge is -2.48. The van der Waals surface area contributed by atoms with Crippen LogP contribution in [-0.2, 0) is 61.6 Å². The second-order valence-electron chi connectivity index (χ2n) is 17.8. The molecule has 0 bridgehead atoms. The van der Waals surface area contributed by atoms with Gasteiger partial charge in [0.15, 0.2) is 44.0 Å². The molecule has 7 fully saturated rings. The van der Waals surface area contributed by atoms with Crippen LogP contribution in [0, 0.1) is 0 Å².